The molecule has 0 saturated heterocycles. The van der Waals surface area contributed by atoms with Crippen LogP contribution >= 0.6 is 0 Å². The number of hydrogen-bond acceptors (Lipinski definition) is 2. The van der Waals surface area contributed by atoms with Gasteiger partial charge in [0.25, 0.3) is 6.71 Å². The Morgan fingerprint density at radius 1 is 0.214 bits per heavy atom. The standard InChI is InChI=1S/C124H101BN6/c1-121(2,3)84-55-62-110-100(67-84)101-68-85(122(4,5)6)56-63-111(101)128(110)90-57-61-105-115(75-90)131(120-98(81-42-24-16-25-43-81)71-87(124(10,11)12)72-99(120)82-44-26-17-27-45-82)117-77-91(76-116-118(117)125(105)104-60-54-83(78-36-18-13-19-37-78)66-114(104)130(116)119-96(79-38-20-14-21-39-79)69-86(123(7,8)9)70-97(119)80-40-22-15-23-41-80)129-112-64-58-88(126-106-50-32-28-46-92(106)93-47-29-33-51-107(93)126)73-102(112)103-74-89(59-65-113(103)129)127-108-52-34-30-48-94(108)95-49-31-35-53-109(95)127/h13-77H,1-12H3/i13D,18D,19D,28D,29D,32D,33D,36D,37D,46D,47D,50D,51D. The lowest BCUT2D eigenvalue weighted by Crippen LogP contribution is -2.61. The second-order valence-electron chi connectivity index (χ2n) is 39.5. The highest BCUT2D eigenvalue weighted by molar-refractivity contribution is 7.00. The zero-order valence-corrected chi connectivity index (χ0v) is 75.3. The molecule has 0 amide bonds. The van der Waals surface area contributed by atoms with Gasteiger partial charge in [-0.3, -0.25) is 0 Å². The molecule has 630 valence electrons. The maximum absolute atomic E-state index is 9.99. The molecule has 0 radical (unpaired) electrons. The lowest BCUT2D eigenvalue weighted by molar-refractivity contribution is 0.590. The Labute approximate surface area is 785 Å². The summed E-state index contributed by atoms with van der Waals surface area (Å²) in [5.41, 5.74) is 27.1. The summed E-state index contributed by atoms with van der Waals surface area (Å²) in [6.07, 6.45) is 0. The Balaban J connectivity index is 0.922. The Kier molecular flexibility index (Phi) is 15.0. The van der Waals surface area contributed by atoms with Crippen LogP contribution in [0, 0.1) is 0 Å². The van der Waals surface area contributed by atoms with Gasteiger partial charge in [0.1, 0.15) is 0 Å². The van der Waals surface area contributed by atoms with Crippen LogP contribution in [0.2, 0.25) is 0 Å². The molecule has 2 aliphatic heterocycles. The first kappa shape index (κ1) is 66.3. The summed E-state index contributed by atoms with van der Waals surface area (Å²) in [6.45, 7) is 26.5. The summed E-state index contributed by atoms with van der Waals surface area (Å²) >= 11 is 0. The first-order chi connectivity index (χ1) is 68.9. The van der Waals surface area contributed by atoms with E-state index in [0.717, 1.165) is 166 Å². The number of fused-ring (bicyclic) bond motifs is 16. The van der Waals surface area contributed by atoms with Gasteiger partial charge in [-0.2, -0.15) is 0 Å². The van der Waals surface area contributed by atoms with Crippen molar-refractivity contribution in [1.29, 1.82) is 0 Å². The molecule has 0 spiro atoms. The van der Waals surface area contributed by atoms with Crippen molar-refractivity contribution in [2.45, 2.75) is 105 Å². The van der Waals surface area contributed by atoms with Gasteiger partial charge >= 0.3 is 0 Å². The fourth-order valence-corrected chi connectivity index (χ4v) is 20.9. The van der Waals surface area contributed by atoms with Crippen LogP contribution in [0.4, 0.5) is 34.1 Å². The second-order valence-corrected chi connectivity index (χ2v) is 39.5. The van der Waals surface area contributed by atoms with E-state index in [1.807, 2.05) is 36.4 Å². The van der Waals surface area contributed by atoms with Gasteiger partial charge < -0.3 is 28.1 Å². The molecule has 0 unspecified atom stereocenters. The number of benzene rings is 18. The average Bonchev–Trinajstić information content (AvgIpc) is 0.764. The van der Waals surface area contributed by atoms with E-state index >= 15 is 0 Å². The van der Waals surface area contributed by atoms with Gasteiger partial charge in [-0.25, -0.2) is 0 Å². The molecular weight excluding hydrogens is 1580 g/mol. The van der Waals surface area contributed by atoms with Crippen LogP contribution in [0.1, 0.15) is 123 Å². The topological polar surface area (TPSA) is 26.2 Å². The molecule has 18 aromatic carbocycles. The second kappa shape index (κ2) is 29.7. The van der Waals surface area contributed by atoms with Crippen LogP contribution in [0.5, 0.6) is 0 Å². The maximum Gasteiger partial charge on any atom is 0.252 e. The summed E-state index contributed by atoms with van der Waals surface area (Å²) in [4.78, 5) is 4.99. The van der Waals surface area contributed by atoms with Crippen molar-refractivity contribution in [2.24, 2.45) is 0 Å². The molecule has 131 heavy (non-hydrogen) atoms. The summed E-state index contributed by atoms with van der Waals surface area (Å²) < 4.78 is 133. The van der Waals surface area contributed by atoms with Gasteiger partial charge in [0.2, 0.25) is 0 Å². The predicted octanol–water partition coefficient (Wildman–Crippen LogP) is 31.7. The molecular formula is C124H101BN6. The molecule has 0 fully saturated rings. The third-order valence-electron chi connectivity index (χ3n) is 27.4. The summed E-state index contributed by atoms with van der Waals surface area (Å²) in [7, 11) is 0. The molecule has 6 nitrogen and oxygen atoms in total. The highest BCUT2D eigenvalue weighted by Gasteiger charge is 2.47. The Morgan fingerprint density at radius 3 is 0.954 bits per heavy atom. The maximum atomic E-state index is 9.99. The lowest BCUT2D eigenvalue weighted by atomic mass is 9.33. The molecule has 7 heteroatoms. The van der Waals surface area contributed by atoms with Crippen molar-refractivity contribution < 1.29 is 17.8 Å². The van der Waals surface area contributed by atoms with Gasteiger partial charge in [0.05, 0.1) is 79.0 Å². The summed E-state index contributed by atoms with van der Waals surface area (Å²) in [5.74, 6) is 0. The Hall–Kier alpha value is -15.2. The third kappa shape index (κ3) is 12.7. The molecule has 2 aliphatic rings. The van der Waals surface area contributed by atoms with Gasteiger partial charge in [-0.05, 0) is 233 Å². The molecule has 22 aromatic rings. The van der Waals surface area contributed by atoms with Crippen molar-refractivity contribution in [1.82, 2.24) is 18.3 Å². The van der Waals surface area contributed by atoms with Gasteiger partial charge in [0, 0.05) is 105 Å². The van der Waals surface area contributed by atoms with E-state index in [0.29, 0.717) is 33.5 Å². The number of nitrogens with zero attached hydrogens (tertiary/aromatic N) is 6. The fourth-order valence-electron chi connectivity index (χ4n) is 20.9. The molecule has 0 bridgehead atoms. The summed E-state index contributed by atoms with van der Waals surface area (Å²) in [6, 6.07) is 107. The largest absolute Gasteiger partial charge is 0.310 e. The minimum atomic E-state index is -0.668. The van der Waals surface area contributed by atoms with Crippen molar-refractivity contribution >= 4 is 144 Å². The van der Waals surface area contributed by atoms with Crippen LogP contribution in [-0.4, -0.2) is 25.0 Å². The predicted molar refractivity (Wildman–Crippen MR) is 560 cm³/mol. The quantitative estimate of drug-likeness (QED) is 0.121. The molecule has 0 atom stereocenters. The highest BCUT2D eigenvalue weighted by Crippen LogP contribution is 2.57. The number of anilines is 6. The lowest BCUT2D eigenvalue weighted by Gasteiger charge is -2.46. The molecule has 0 N–H and O–H groups in total. The van der Waals surface area contributed by atoms with E-state index in [1.165, 1.54) is 11.1 Å². The van der Waals surface area contributed by atoms with Crippen LogP contribution in [0.25, 0.3) is 166 Å². The molecule has 0 saturated carbocycles. The van der Waals surface area contributed by atoms with E-state index in [9.17, 15) is 16.4 Å². The summed E-state index contributed by atoms with van der Waals surface area (Å²) in [5, 5.41) is 5.74. The van der Waals surface area contributed by atoms with E-state index < -0.39 is 84.0 Å². The van der Waals surface area contributed by atoms with E-state index in [4.69, 9.17) is 1.37 Å². The van der Waals surface area contributed by atoms with Gasteiger partial charge in [-0.15, -0.1) is 0 Å². The number of aromatic nitrogens is 4. The average molecular weight is 1700 g/mol. The van der Waals surface area contributed by atoms with Crippen molar-refractivity contribution in [3.63, 3.8) is 0 Å². The first-order valence-corrected chi connectivity index (χ1v) is 45.3. The van der Waals surface area contributed by atoms with Crippen molar-refractivity contribution in [3.05, 3.63) is 416 Å². The van der Waals surface area contributed by atoms with E-state index in [-0.39, 0.29) is 50.3 Å². The van der Waals surface area contributed by atoms with Crippen molar-refractivity contribution in [3.8, 4) is 78.4 Å². The highest BCUT2D eigenvalue weighted by atomic mass is 15.2. The third-order valence-corrected chi connectivity index (χ3v) is 27.4. The molecule has 24 rings (SSSR count). The Bertz CT molecular complexity index is 8940. The van der Waals surface area contributed by atoms with E-state index in [2.05, 4.69) is 386 Å². The van der Waals surface area contributed by atoms with Crippen molar-refractivity contribution in [2.75, 3.05) is 9.80 Å². The monoisotopic (exact) mass is 1700 g/mol. The fraction of sp³-hybridized carbons (Fsp3) is 0.129. The SMILES string of the molecule is [2H]c1c([2H])c([2H])c(-c2ccc3c(c2)N(c2c(-c4ccccc4)cc(C(C)(C)C)cc2-c2ccccc2)c2cc(-n4c5ccc(-n6c7ccccc7c7ccccc76)cc5c5cc(-n6c7c([2H])c([2H])c([2H])c([2H])c7c7c([2H])c([2H])c([2H])c([2H])c76)ccc54)cc4c2B3c2ccc(-n3c5ccc(C(C)(C)C)cc5c5cc(C(C)(C)C)ccc53)cc2N4c2c(-c3ccccc3)cc(C(C)(C)C)cc2-c2ccccc2)c([2H])c1[2H]. The molecule has 4 aromatic heterocycles. The van der Waals surface area contributed by atoms with Crippen LogP contribution in [0.15, 0.2) is 394 Å². The Morgan fingerprint density at radius 2 is 0.534 bits per heavy atom. The normalized spacial score (nSPS) is 14.4. The zero-order chi connectivity index (χ0) is 100. The van der Waals surface area contributed by atoms with Crippen LogP contribution < -0.4 is 26.2 Å². The first-order valence-electron chi connectivity index (χ1n) is 51.8. The minimum absolute atomic E-state index is 0.0120. The smallest absolute Gasteiger partial charge is 0.252 e. The molecule has 0 aliphatic carbocycles. The zero-order valence-electron chi connectivity index (χ0n) is 88.3. The minimum Gasteiger partial charge on any atom is -0.310 e. The van der Waals surface area contributed by atoms with E-state index in [1.54, 1.807) is 4.57 Å². The number of hydrogen-bond donors (Lipinski definition) is 0. The number of rotatable bonds is 11. The van der Waals surface area contributed by atoms with Crippen LogP contribution in [0.3, 0.4) is 0 Å². The van der Waals surface area contributed by atoms with Crippen LogP contribution in [-0.2, 0) is 21.7 Å². The van der Waals surface area contributed by atoms with Gasteiger partial charge in [-0.1, -0.05) is 338 Å². The molecule has 6 heterocycles. The van der Waals surface area contributed by atoms with Gasteiger partial charge in [0.15, 0.2) is 0 Å². The number of para-hydroxylation sites is 4.